The standard InChI is InChI=1S/C15H8BrIO2/c16-11-3-6-13-10(7-11)8-14(19-13)15(18)9-1-4-12(17)5-2-9/h1-8H. The summed E-state index contributed by atoms with van der Waals surface area (Å²) in [5.41, 5.74) is 1.36. The van der Waals surface area contributed by atoms with E-state index < -0.39 is 0 Å². The van der Waals surface area contributed by atoms with Crippen LogP contribution in [0.3, 0.4) is 0 Å². The van der Waals surface area contributed by atoms with Gasteiger partial charge in [0.25, 0.3) is 0 Å². The number of ketones is 1. The number of hydrogen-bond donors (Lipinski definition) is 0. The van der Waals surface area contributed by atoms with Gasteiger partial charge in [-0.2, -0.15) is 0 Å². The van der Waals surface area contributed by atoms with E-state index in [9.17, 15) is 4.79 Å². The first-order valence-electron chi connectivity index (χ1n) is 5.63. The Balaban J connectivity index is 2.04. The van der Waals surface area contributed by atoms with Crippen molar-refractivity contribution in [3.05, 3.63) is 67.9 Å². The van der Waals surface area contributed by atoms with Crippen LogP contribution < -0.4 is 0 Å². The van der Waals surface area contributed by atoms with Crippen LogP contribution in [0.5, 0.6) is 0 Å². The smallest absolute Gasteiger partial charge is 0.228 e. The molecule has 0 saturated heterocycles. The normalized spacial score (nSPS) is 10.8. The van der Waals surface area contributed by atoms with Crippen LogP contribution >= 0.6 is 38.5 Å². The van der Waals surface area contributed by atoms with Crippen molar-refractivity contribution in [2.24, 2.45) is 0 Å². The quantitative estimate of drug-likeness (QED) is 0.425. The zero-order valence-corrected chi connectivity index (χ0v) is 13.4. The van der Waals surface area contributed by atoms with Crippen molar-refractivity contribution in [2.75, 3.05) is 0 Å². The van der Waals surface area contributed by atoms with Gasteiger partial charge in [-0.15, -0.1) is 0 Å². The van der Waals surface area contributed by atoms with Crippen molar-refractivity contribution in [1.29, 1.82) is 0 Å². The van der Waals surface area contributed by atoms with Crippen molar-refractivity contribution in [3.8, 4) is 0 Å². The van der Waals surface area contributed by atoms with E-state index in [1.165, 1.54) is 0 Å². The molecule has 0 aliphatic carbocycles. The molecule has 3 aromatic rings. The number of carbonyl (C=O) groups is 1. The highest BCUT2D eigenvalue weighted by Gasteiger charge is 2.14. The summed E-state index contributed by atoms with van der Waals surface area (Å²) < 4.78 is 7.66. The van der Waals surface area contributed by atoms with Crippen LogP contribution in [0, 0.1) is 3.57 Å². The Kier molecular flexibility index (Phi) is 3.45. The maximum absolute atomic E-state index is 12.3. The predicted octanol–water partition coefficient (Wildman–Crippen LogP) is 5.03. The van der Waals surface area contributed by atoms with Gasteiger partial charge in [-0.1, -0.05) is 15.9 Å². The molecule has 0 fully saturated rings. The Hall–Kier alpha value is -1.14. The molecule has 94 valence electrons. The van der Waals surface area contributed by atoms with Crippen LogP contribution in [-0.2, 0) is 0 Å². The molecule has 0 radical (unpaired) electrons. The van der Waals surface area contributed by atoms with E-state index in [0.717, 1.165) is 19.0 Å². The van der Waals surface area contributed by atoms with Crippen LogP contribution in [0.25, 0.3) is 11.0 Å². The highest BCUT2D eigenvalue weighted by Crippen LogP contribution is 2.25. The minimum absolute atomic E-state index is 0.0938. The second-order valence-corrected chi connectivity index (χ2v) is 6.29. The van der Waals surface area contributed by atoms with Gasteiger partial charge in [0.2, 0.25) is 5.78 Å². The molecule has 0 N–H and O–H groups in total. The summed E-state index contributed by atoms with van der Waals surface area (Å²) in [5, 5.41) is 0.920. The third-order valence-corrected chi connectivity index (χ3v) is 4.02. The van der Waals surface area contributed by atoms with Crippen molar-refractivity contribution in [3.63, 3.8) is 0 Å². The number of fused-ring (bicyclic) bond motifs is 1. The molecule has 4 heteroatoms. The molecule has 0 aliphatic rings. The van der Waals surface area contributed by atoms with Crippen LogP contribution in [0.4, 0.5) is 0 Å². The molecular formula is C15H8BrIO2. The largest absolute Gasteiger partial charge is 0.453 e. The van der Waals surface area contributed by atoms with Gasteiger partial charge in [0.1, 0.15) is 5.58 Å². The van der Waals surface area contributed by atoms with E-state index in [4.69, 9.17) is 4.42 Å². The fourth-order valence-electron chi connectivity index (χ4n) is 1.87. The highest BCUT2D eigenvalue weighted by atomic mass is 127. The summed E-state index contributed by atoms with van der Waals surface area (Å²) in [4.78, 5) is 12.3. The number of halogens is 2. The second kappa shape index (κ2) is 5.09. The zero-order chi connectivity index (χ0) is 13.4. The van der Waals surface area contributed by atoms with E-state index in [2.05, 4.69) is 38.5 Å². The molecule has 0 atom stereocenters. The third-order valence-electron chi connectivity index (χ3n) is 2.81. The molecule has 2 nitrogen and oxygen atoms in total. The Labute approximate surface area is 132 Å². The summed E-state index contributed by atoms with van der Waals surface area (Å²) in [5.74, 6) is 0.276. The summed E-state index contributed by atoms with van der Waals surface area (Å²) in [6, 6.07) is 14.9. The summed E-state index contributed by atoms with van der Waals surface area (Å²) >= 11 is 5.61. The molecule has 3 rings (SSSR count). The molecule has 2 aromatic carbocycles. The fourth-order valence-corrected chi connectivity index (χ4v) is 2.61. The van der Waals surface area contributed by atoms with Gasteiger partial charge in [-0.25, -0.2) is 0 Å². The molecule has 0 amide bonds. The minimum Gasteiger partial charge on any atom is -0.453 e. The number of carbonyl (C=O) groups excluding carboxylic acids is 1. The molecule has 0 aliphatic heterocycles. The van der Waals surface area contributed by atoms with Gasteiger partial charge in [0.05, 0.1) is 0 Å². The summed E-state index contributed by atoms with van der Waals surface area (Å²) in [6.07, 6.45) is 0. The molecular weight excluding hydrogens is 419 g/mol. The molecule has 0 unspecified atom stereocenters. The van der Waals surface area contributed by atoms with Crippen LogP contribution in [0.2, 0.25) is 0 Å². The topological polar surface area (TPSA) is 30.2 Å². The first kappa shape index (κ1) is 12.9. The van der Waals surface area contributed by atoms with Crippen molar-refractivity contribution >= 4 is 55.3 Å². The average Bonchev–Trinajstić information content (AvgIpc) is 2.81. The Bertz CT molecular complexity index is 759. The van der Waals surface area contributed by atoms with E-state index in [1.54, 1.807) is 6.07 Å². The third kappa shape index (κ3) is 2.60. The molecule has 0 spiro atoms. The lowest BCUT2D eigenvalue weighted by molar-refractivity contribution is 0.101. The highest BCUT2D eigenvalue weighted by molar-refractivity contribution is 14.1. The lowest BCUT2D eigenvalue weighted by atomic mass is 10.1. The molecule has 0 saturated carbocycles. The first-order valence-corrected chi connectivity index (χ1v) is 7.50. The Morgan fingerprint density at radius 1 is 1.05 bits per heavy atom. The number of benzene rings is 2. The van der Waals surface area contributed by atoms with Gasteiger partial charge in [0.15, 0.2) is 5.76 Å². The van der Waals surface area contributed by atoms with E-state index in [1.807, 2.05) is 42.5 Å². The van der Waals surface area contributed by atoms with Crippen LogP contribution in [0.1, 0.15) is 16.1 Å². The fraction of sp³-hybridized carbons (Fsp3) is 0. The van der Waals surface area contributed by atoms with Crippen LogP contribution in [0.15, 0.2) is 57.4 Å². The summed E-state index contributed by atoms with van der Waals surface area (Å²) in [6.45, 7) is 0. The number of rotatable bonds is 2. The summed E-state index contributed by atoms with van der Waals surface area (Å²) in [7, 11) is 0. The zero-order valence-electron chi connectivity index (χ0n) is 9.69. The van der Waals surface area contributed by atoms with Gasteiger partial charge in [-0.05, 0) is 71.1 Å². The van der Waals surface area contributed by atoms with Gasteiger partial charge >= 0.3 is 0 Å². The van der Waals surface area contributed by atoms with Crippen molar-refractivity contribution in [2.45, 2.75) is 0 Å². The van der Waals surface area contributed by atoms with Gasteiger partial charge in [0, 0.05) is 19.0 Å². The van der Waals surface area contributed by atoms with Crippen molar-refractivity contribution in [1.82, 2.24) is 0 Å². The van der Waals surface area contributed by atoms with E-state index >= 15 is 0 Å². The van der Waals surface area contributed by atoms with Gasteiger partial charge < -0.3 is 4.42 Å². The second-order valence-electron chi connectivity index (χ2n) is 4.13. The number of hydrogen-bond acceptors (Lipinski definition) is 2. The Morgan fingerprint density at radius 3 is 2.53 bits per heavy atom. The monoisotopic (exact) mass is 426 g/mol. The first-order chi connectivity index (χ1) is 9.13. The van der Waals surface area contributed by atoms with E-state index in [-0.39, 0.29) is 5.78 Å². The molecule has 1 aromatic heterocycles. The SMILES string of the molecule is O=C(c1ccc(I)cc1)c1cc2cc(Br)ccc2o1. The molecule has 0 bridgehead atoms. The number of furan rings is 1. The molecule has 19 heavy (non-hydrogen) atoms. The molecule has 1 heterocycles. The minimum atomic E-state index is -0.0938. The lowest BCUT2D eigenvalue weighted by Gasteiger charge is -1.97. The van der Waals surface area contributed by atoms with E-state index in [0.29, 0.717) is 11.3 Å². The lowest BCUT2D eigenvalue weighted by Crippen LogP contribution is -1.98. The van der Waals surface area contributed by atoms with Crippen LogP contribution in [-0.4, -0.2) is 5.78 Å². The Morgan fingerprint density at radius 2 is 1.79 bits per heavy atom. The average molecular weight is 427 g/mol. The van der Waals surface area contributed by atoms with Gasteiger partial charge in [-0.3, -0.25) is 4.79 Å². The van der Waals surface area contributed by atoms with Crippen molar-refractivity contribution < 1.29 is 9.21 Å². The maximum Gasteiger partial charge on any atom is 0.228 e. The predicted molar refractivity (Wildman–Crippen MR) is 86.5 cm³/mol. The maximum atomic E-state index is 12.3.